The molecule has 1 N–H and O–H groups in total. The predicted molar refractivity (Wildman–Crippen MR) is 81.8 cm³/mol. The molecular formula is C15H34N2O2. The lowest BCUT2D eigenvalue weighted by Crippen LogP contribution is -2.40. The molecule has 0 radical (unpaired) electrons. The van der Waals surface area contributed by atoms with Crippen molar-refractivity contribution >= 4 is 0 Å². The van der Waals surface area contributed by atoms with Crippen molar-refractivity contribution in [2.75, 3.05) is 47.1 Å². The minimum atomic E-state index is 0.217. The van der Waals surface area contributed by atoms with Gasteiger partial charge in [0.05, 0.1) is 13.2 Å². The maximum Gasteiger partial charge on any atom is 0.0589 e. The average molecular weight is 274 g/mol. The molecular weight excluding hydrogens is 240 g/mol. The van der Waals surface area contributed by atoms with Gasteiger partial charge in [-0.05, 0) is 47.1 Å². The fourth-order valence-electron chi connectivity index (χ4n) is 2.01. The van der Waals surface area contributed by atoms with E-state index in [-0.39, 0.29) is 5.54 Å². The van der Waals surface area contributed by atoms with Crippen LogP contribution in [0.25, 0.3) is 0 Å². The fourth-order valence-corrected chi connectivity index (χ4v) is 2.01. The third-order valence-corrected chi connectivity index (χ3v) is 3.24. The number of hydrogen-bond donors (Lipinski definition) is 1. The van der Waals surface area contributed by atoms with Crippen molar-refractivity contribution in [1.29, 1.82) is 0 Å². The highest BCUT2D eigenvalue weighted by Gasteiger charge is 2.14. The maximum absolute atomic E-state index is 5.18. The Morgan fingerprint density at radius 1 is 1.05 bits per heavy atom. The molecule has 19 heavy (non-hydrogen) atoms. The van der Waals surface area contributed by atoms with Crippen molar-refractivity contribution < 1.29 is 9.47 Å². The fraction of sp³-hybridized carbons (Fsp3) is 1.00. The summed E-state index contributed by atoms with van der Waals surface area (Å²) in [5.74, 6) is 0. The molecule has 0 rings (SSSR count). The molecule has 0 aliphatic rings. The second-order valence-electron chi connectivity index (χ2n) is 6.19. The Labute approximate surface area is 119 Å². The van der Waals surface area contributed by atoms with Gasteiger partial charge in [-0.3, -0.25) is 4.90 Å². The van der Waals surface area contributed by atoms with Gasteiger partial charge in [0.1, 0.15) is 0 Å². The smallest absolute Gasteiger partial charge is 0.0589 e. The van der Waals surface area contributed by atoms with Gasteiger partial charge in [0.2, 0.25) is 0 Å². The molecule has 0 aromatic carbocycles. The van der Waals surface area contributed by atoms with Crippen molar-refractivity contribution in [2.24, 2.45) is 0 Å². The zero-order valence-electron chi connectivity index (χ0n) is 13.8. The first-order valence-corrected chi connectivity index (χ1v) is 7.37. The summed E-state index contributed by atoms with van der Waals surface area (Å²) in [6.07, 6.45) is 2.41. The molecule has 0 saturated carbocycles. The number of methoxy groups -OCH3 is 2. The van der Waals surface area contributed by atoms with E-state index >= 15 is 0 Å². The zero-order chi connectivity index (χ0) is 14.7. The maximum atomic E-state index is 5.18. The Hall–Kier alpha value is -0.160. The van der Waals surface area contributed by atoms with E-state index in [1.807, 2.05) is 0 Å². The molecule has 0 aliphatic heterocycles. The van der Waals surface area contributed by atoms with Crippen LogP contribution in [0.15, 0.2) is 0 Å². The summed E-state index contributed by atoms with van der Waals surface area (Å²) in [4.78, 5) is 2.45. The molecule has 4 heteroatoms. The van der Waals surface area contributed by atoms with Gasteiger partial charge in [0, 0.05) is 38.9 Å². The Bertz CT molecular complexity index is 197. The minimum Gasteiger partial charge on any atom is -0.383 e. The summed E-state index contributed by atoms with van der Waals surface area (Å²) in [6.45, 7) is 13.5. The normalized spacial score (nSPS) is 14.1. The highest BCUT2D eigenvalue weighted by molar-refractivity contribution is 4.72. The lowest BCUT2D eigenvalue weighted by atomic mass is 10.1. The summed E-state index contributed by atoms with van der Waals surface area (Å²) in [6, 6.07) is 0.576. The van der Waals surface area contributed by atoms with E-state index in [1.165, 1.54) is 12.8 Å². The van der Waals surface area contributed by atoms with E-state index in [2.05, 4.69) is 37.9 Å². The van der Waals surface area contributed by atoms with Gasteiger partial charge in [0.15, 0.2) is 0 Å². The Morgan fingerprint density at radius 2 is 1.58 bits per heavy atom. The summed E-state index contributed by atoms with van der Waals surface area (Å²) >= 11 is 0. The van der Waals surface area contributed by atoms with Crippen LogP contribution in [0.1, 0.15) is 40.5 Å². The summed E-state index contributed by atoms with van der Waals surface area (Å²) in [7, 11) is 3.51. The van der Waals surface area contributed by atoms with Crippen LogP contribution in [0.3, 0.4) is 0 Å². The van der Waals surface area contributed by atoms with Gasteiger partial charge in [-0.1, -0.05) is 0 Å². The second kappa shape index (κ2) is 10.6. The first kappa shape index (κ1) is 18.8. The largest absolute Gasteiger partial charge is 0.383 e. The van der Waals surface area contributed by atoms with Crippen LogP contribution < -0.4 is 5.32 Å². The summed E-state index contributed by atoms with van der Waals surface area (Å²) < 4.78 is 10.4. The van der Waals surface area contributed by atoms with Gasteiger partial charge < -0.3 is 14.8 Å². The van der Waals surface area contributed by atoms with Crippen LogP contribution in [-0.2, 0) is 9.47 Å². The van der Waals surface area contributed by atoms with Gasteiger partial charge >= 0.3 is 0 Å². The highest BCUT2D eigenvalue weighted by atomic mass is 16.5. The predicted octanol–water partition coefficient (Wildman–Crippen LogP) is 2.14. The van der Waals surface area contributed by atoms with Crippen molar-refractivity contribution in [2.45, 2.75) is 52.1 Å². The molecule has 1 atom stereocenters. The van der Waals surface area contributed by atoms with Gasteiger partial charge in [-0.15, -0.1) is 0 Å². The van der Waals surface area contributed by atoms with Gasteiger partial charge in [-0.2, -0.15) is 0 Å². The van der Waals surface area contributed by atoms with Crippen LogP contribution in [0.2, 0.25) is 0 Å². The van der Waals surface area contributed by atoms with E-state index in [4.69, 9.17) is 9.47 Å². The zero-order valence-corrected chi connectivity index (χ0v) is 13.8. The number of ether oxygens (including phenoxy) is 2. The van der Waals surface area contributed by atoms with Crippen LogP contribution in [0.5, 0.6) is 0 Å². The van der Waals surface area contributed by atoms with Gasteiger partial charge in [-0.25, -0.2) is 0 Å². The lowest BCUT2D eigenvalue weighted by molar-refractivity contribution is 0.0887. The van der Waals surface area contributed by atoms with E-state index in [0.717, 1.165) is 32.8 Å². The van der Waals surface area contributed by atoms with E-state index in [9.17, 15) is 0 Å². The molecule has 0 spiro atoms. The topological polar surface area (TPSA) is 33.7 Å². The number of hydrogen-bond acceptors (Lipinski definition) is 4. The number of nitrogens with zero attached hydrogens (tertiary/aromatic N) is 1. The lowest BCUT2D eigenvalue weighted by Gasteiger charge is -2.29. The Balaban J connectivity index is 3.91. The minimum absolute atomic E-state index is 0.217. The second-order valence-corrected chi connectivity index (χ2v) is 6.19. The van der Waals surface area contributed by atoms with Crippen LogP contribution >= 0.6 is 0 Å². The van der Waals surface area contributed by atoms with E-state index in [1.54, 1.807) is 14.2 Å². The van der Waals surface area contributed by atoms with Crippen molar-refractivity contribution in [3.8, 4) is 0 Å². The molecule has 0 heterocycles. The van der Waals surface area contributed by atoms with Crippen molar-refractivity contribution in [3.63, 3.8) is 0 Å². The molecule has 0 fully saturated rings. The third-order valence-electron chi connectivity index (χ3n) is 3.24. The first-order valence-electron chi connectivity index (χ1n) is 7.37. The van der Waals surface area contributed by atoms with E-state index in [0.29, 0.717) is 6.04 Å². The quantitative estimate of drug-likeness (QED) is 0.585. The molecule has 4 nitrogen and oxygen atoms in total. The average Bonchev–Trinajstić information content (AvgIpc) is 2.33. The van der Waals surface area contributed by atoms with Gasteiger partial charge in [0.25, 0.3) is 0 Å². The standard InChI is InChI=1S/C15H34N2O2/c1-14(8-7-9-16-15(2,3)4)17(10-12-18-5)11-13-19-6/h14,16H,7-13H2,1-6H3. The first-order chi connectivity index (χ1) is 8.90. The summed E-state index contributed by atoms with van der Waals surface area (Å²) in [5, 5.41) is 3.53. The van der Waals surface area contributed by atoms with Crippen LogP contribution in [-0.4, -0.2) is 63.5 Å². The molecule has 0 amide bonds. The molecule has 0 saturated heterocycles. The van der Waals surface area contributed by atoms with Crippen molar-refractivity contribution in [3.05, 3.63) is 0 Å². The monoisotopic (exact) mass is 274 g/mol. The van der Waals surface area contributed by atoms with Crippen LogP contribution in [0, 0.1) is 0 Å². The highest BCUT2D eigenvalue weighted by Crippen LogP contribution is 2.07. The summed E-state index contributed by atoms with van der Waals surface area (Å²) in [5.41, 5.74) is 0.217. The van der Waals surface area contributed by atoms with E-state index < -0.39 is 0 Å². The Morgan fingerprint density at radius 3 is 2.00 bits per heavy atom. The third kappa shape index (κ3) is 11.4. The molecule has 0 aromatic rings. The SMILES string of the molecule is COCCN(CCOC)C(C)CCCNC(C)(C)C. The Kier molecular flexibility index (Phi) is 10.5. The van der Waals surface area contributed by atoms with Crippen molar-refractivity contribution in [1.82, 2.24) is 10.2 Å². The van der Waals surface area contributed by atoms with Crippen LogP contribution in [0.4, 0.5) is 0 Å². The molecule has 0 aromatic heterocycles. The molecule has 0 bridgehead atoms. The number of rotatable bonds is 11. The number of nitrogens with one attached hydrogen (secondary N) is 1. The molecule has 0 aliphatic carbocycles. The molecule has 1 unspecified atom stereocenters. The molecule has 116 valence electrons.